The van der Waals surface area contributed by atoms with Crippen molar-refractivity contribution in [3.05, 3.63) is 59.4 Å². The lowest BCUT2D eigenvalue weighted by Crippen LogP contribution is -2.58. The molecule has 4 aliphatic rings. The van der Waals surface area contributed by atoms with E-state index in [4.69, 9.17) is 4.74 Å². The predicted octanol–water partition coefficient (Wildman–Crippen LogP) is 5.67. The number of ether oxygens (including phenoxy) is 1. The van der Waals surface area contributed by atoms with Crippen LogP contribution in [0.5, 0.6) is 5.75 Å². The number of hydrogen-bond donors (Lipinski definition) is 1. The summed E-state index contributed by atoms with van der Waals surface area (Å²) in [4.78, 5) is 25.8. The summed E-state index contributed by atoms with van der Waals surface area (Å²) < 4.78 is 142. The molecule has 0 radical (unpaired) electrons. The molecule has 6 rings (SSSR count). The smallest absolute Gasteiger partial charge is 0.435 e. The maximum Gasteiger partial charge on any atom is 0.435 e. The van der Waals surface area contributed by atoms with E-state index in [9.17, 15) is 58.2 Å². The van der Waals surface area contributed by atoms with Gasteiger partial charge in [-0.15, -0.1) is 0 Å². The van der Waals surface area contributed by atoms with Gasteiger partial charge in [0.05, 0.1) is 16.9 Å². The van der Waals surface area contributed by atoms with Gasteiger partial charge in [-0.25, -0.2) is 17.2 Å². The van der Waals surface area contributed by atoms with Crippen molar-refractivity contribution in [3.8, 4) is 5.75 Å². The summed E-state index contributed by atoms with van der Waals surface area (Å²) in [6, 6.07) is 3.39. The highest BCUT2D eigenvalue weighted by Crippen LogP contribution is 2.63. The SMILES string of the molecule is O=C(O)C1CC2(C1)CC(C(=O)N1CCC3(S(=O)(=O)c4ccc(F)cc4)c4ccc(C(F)(C(F)(F)F)C(F)(F)F)cc4OCC13)C2. The van der Waals surface area contributed by atoms with Crippen molar-refractivity contribution >= 4 is 21.7 Å². The molecule has 2 unspecified atom stereocenters. The lowest BCUT2D eigenvalue weighted by atomic mass is 9.48. The van der Waals surface area contributed by atoms with Crippen LogP contribution in [-0.2, 0) is 29.8 Å². The minimum atomic E-state index is -6.42. The molecule has 1 spiro atoms. The summed E-state index contributed by atoms with van der Waals surface area (Å²) in [5.41, 5.74) is -8.32. The van der Waals surface area contributed by atoms with Crippen LogP contribution in [0.15, 0.2) is 47.4 Å². The van der Waals surface area contributed by atoms with Crippen LogP contribution in [0.25, 0.3) is 0 Å². The van der Waals surface area contributed by atoms with Gasteiger partial charge in [-0.2, -0.15) is 26.3 Å². The van der Waals surface area contributed by atoms with Crippen LogP contribution in [0.3, 0.4) is 0 Å². The normalized spacial score (nSPS) is 29.7. The van der Waals surface area contributed by atoms with Gasteiger partial charge in [0.2, 0.25) is 5.91 Å². The van der Waals surface area contributed by atoms with Crippen LogP contribution in [0, 0.1) is 23.1 Å². The topological polar surface area (TPSA) is 101 Å². The van der Waals surface area contributed by atoms with Crippen LogP contribution in [-0.4, -0.2) is 61.8 Å². The molecule has 1 saturated heterocycles. The lowest BCUT2D eigenvalue weighted by Gasteiger charge is -2.56. The fourth-order valence-corrected chi connectivity index (χ4v) is 9.98. The summed E-state index contributed by atoms with van der Waals surface area (Å²) in [6.07, 6.45) is -11.6. The number of alkyl halides is 7. The average Bonchev–Trinajstić information content (AvgIpc) is 3.31. The monoisotopic (exact) mass is 667 g/mol. The Morgan fingerprint density at radius 3 is 2.02 bits per heavy atom. The number of carboxylic acid groups (broad SMARTS) is 1. The number of halogens is 8. The van der Waals surface area contributed by atoms with Crippen LogP contribution in [0.1, 0.15) is 43.2 Å². The molecule has 2 heterocycles. The van der Waals surface area contributed by atoms with Gasteiger partial charge in [-0.3, -0.25) is 9.59 Å². The Labute approximate surface area is 251 Å². The van der Waals surface area contributed by atoms with Gasteiger partial charge in [0.15, 0.2) is 9.84 Å². The molecule has 2 aromatic rings. The van der Waals surface area contributed by atoms with Gasteiger partial charge < -0.3 is 14.7 Å². The molecule has 0 bridgehead atoms. The maximum atomic E-state index is 14.9. The molecule has 0 aromatic heterocycles. The van der Waals surface area contributed by atoms with Gasteiger partial charge >= 0.3 is 24.0 Å². The molecule has 7 nitrogen and oxygen atoms in total. The van der Waals surface area contributed by atoms with E-state index in [0.717, 1.165) is 24.3 Å². The Kier molecular flexibility index (Phi) is 6.86. The van der Waals surface area contributed by atoms with Crippen molar-refractivity contribution in [1.29, 1.82) is 0 Å². The summed E-state index contributed by atoms with van der Waals surface area (Å²) in [7, 11) is -4.65. The summed E-state index contributed by atoms with van der Waals surface area (Å²) >= 11 is 0. The molecule has 2 aliphatic heterocycles. The zero-order valence-corrected chi connectivity index (χ0v) is 23.9. The van der Waals surface area contributed by atoms with Gasteiger partial charge in [0, 0.05) is 23.6 Å². The molecule has 244 valence electrons. The molecule has 16 heteroatoms. The van der Waals surface area contributed by atoms with Crippen molar-refractivity contribution in [2.45, 2.75) is 65.8 Å². The van der Waals surface area contributed by atoms with Crippen molar-refractivity contribution in [3.63, 3.8) is 0 Å². The first-order valence-corrected chi connectivity index (χ1v) is 15.4. The van der Waals surface area contributed by atoms with Crippen LogP contribution in [0.2, 0.25) is 0 Å². The van der Waals surface area contributed by atoms with Gasteiger partial charge in [0.25, 0.3) is 0 Å². The highest BCUT2D eigenvalue weighted by atomic mass is 32.2. The van der Waals surface area contributed by atoms with E-state index < -0.39 is 91.0 Å². The number of carbonyl (C=O) groups is 2. The Morgan fingerprint density at radius 1 is 0.889 bits per heavy atom. The number of likely N-dealkylation sites (tertiary alicyclic amines) is 1. The van der Waals surface area contributed by atoms with E-state index in [2.05, 4.69) is 0 Å². The molecule has 2 saturated carbocycles. The van der Waals surface area contributed by atoms with Gasteiger partial charge in [-0.05, 0) is 67.9 Å². The quantitative estimate of drug-likeness (QED) is 0.326. The summed E-state index contributed by atoms with van der Waals surface area (Å²) in [6.45, 7) is -0.827. The second-order valence-corrected chi connectivity index (χ2v) is 14.6. The van der Waals surface area contributed by atoms with Gasteiger partial charge in [0.1, 0.15) is 22.9 Å². The minimum Gasteiger partial charge on any atom is -0.491 e. The number of carbonyl (C=O) groups excluding carboxylic acids is 1. The lowest BCUT2D eigenvalue weighted by molar-refractivity contribution is -0.348. The molecular formula is C29H25F8NO6S. The predicted molar refractivity (Wildman–Crippen MR) is 138 cm³/mol. The Balaban J connectivity index is 1.41. The third-order valence-electron chi connectivity index (χ3n) is 9.95. The van der Waals surface area contributed by atoms with Crippen molar-refractivity contribution in [1.82, 2.24) is 4.90 Å². The van der Waals surface area contributed by atoms with Crippen molar-refractivity contribution in [2.24, 2.45) is 17.3 Å². The maximum absolute atomic E-state index is 14.9. The first-order valence-electron chi connectivity index (χ1n) is 13.9. The largest absolute Gasteiger partial charge is 0.491 e. The Hall–Kier alpha value is -3.43. The van der Waals surface area contributed by atoms with Crippen molar-refractivity contribution in [2.75, 3.05) is 13.2 Å². The first-order chi connectivity index (χ1) is 20.8. The van der Waals surface area contributed by atoms with Crippen LogP contribution >= 0.6 is 0 Å². The molecule has 3 fully saturated rings. The molecule has 1 N–H and O–H groups in total. The van der Waals surface area contributed by atoms with Crippen molar-refractivity contribution < 1.29 is 63.0 Å². The molecule has 2 atom stereocenters. The van der Waals surface area contributed by atoms with E-state index in [1.165, 1.54) is 4.90 Å². The molecule has 2 aliphatic carbocycles. The third kappa shape index (κ3) is 4.37. The minimum absolute atomic E-state index is 0.173. The second kappa shape index (κ2) is 9.79. The number of nitrogens with zero attached hydrogens (tertiary/aromatic N) is 1. The summed E-state index contributed by atoms with van der Waals surface area (Å²) in [5.74, 6) is -3.94. The van der Waals surface area contributed by atoms with E-state index in [0.29, 0.717) is 31.7 Å². The number of sulfone groups is 1. The molecule has 45 heavy (non-hydrogen) atoms. The second-order valence-electron chi connectivity index (χ2n) is 12.4. The zero-order chi connectivity index (χ0) is 33.0. The molecule has 1 amide bonds. The number of fused-ring (bicyclic) bond motifs is 3. The Bertz CT molecular complexity index is 1650. The number of rotatable bonds is 5. The van der Waals surface area contributed by atoms with Crippen LogP contribution in [0.4, 0.5) is 35.1 Å². The van der Waals surface area contributed by atoms with E-state index in [-0.39, 0.29) is 36.1 Å². The van der Waals surface area contributed by atoms with Gasteiger partial charge in [-0.1, -0.05) is 12.1 Å². The third-order valence-corrected chi connectivity index (χ3v) is 12.5. The Morgan fingerprint density at radius 2 is 1.47 bits per heavy atom. The van der Waals surface area contributed by atoms with E-state index in [1.807, 2.05) is 0 Å². The number of amides is 1. The molecule has 2 aromatic carbocycles. The highest BCUT2D eigenvalue weighted by molar-refractivity contribution is 7.92. The fourth-order valence-electron chi connectivity index (χ4n) is 7.70. The fraction of sp³-hybridized carbons (Fsp3) is 0.517. The van der Waals surface area contributed by atoms with E-state index in [1.54, 1.807) is 0 Å². The summed E-state index contributed by atoms with van der Waals surface area (Å²) in [5, 5.41) is 9.20. The standard InChI is InChI=1S/C29H25F8NO6S/c30-18-2-4-19(5-3-18)45(42,43)26-7-8-38(23(39)15-10-25(11-15)12-16(13-25)24(40)41)22(26)14-44-21-9-17(1-6-20(21)26)27(31,28(32,33)34)29(35,36)37/h1-6,9,15-16,22H,7-8,10-14H2,(H,40,41). The number of benzene rings is 2. The highest BCUT2D eigenvalue weighted by Gasteiger charge is 2.74. The van der Waals surface area contributed by atoms with Crippen LogP contribution < -0.4 is 4.74 Å². The number of aliphatic carboxylic acids is 1. The van der Waals surface area contributed by atoms with E-state index >= 15 is 0 Å². The number of carboxylic acids is 1. The zero-order valence-electron chi connectivity index (χ0n) is 23.1. The molecular weight excluding hydrogens is 642 g/mol. The number of hydrogen-bond acceptors (Lipinski definition) is 5. The first kappa shape index (κ1) is 31.5. The average molecular weight is 668 g/mol.